The van der Waals surface area contributed by atoms with E-state index >= 15 is 0 Å². The molecule has 0 saturated heterocycles. The number of halogens is 1. The summed E-state index contributed by atoms with van der Waals surface area (Å²) < 4.78 is 13.0. The zero-order valence-electron chi connectivity index (χ0n) is 13.0. The van der Waals surface area contributed by atoms with Crippen molar-refractivity contribution in [2.24, 2.45) is 0 Å². The molecule has 0 fully saturated rings. The SMILES string of the molecule is COc1ccc(OCCCn2nc3ccccc3c2CBr)cc1. The van der Waals surface area contributed by atoms with Crippen LogP contribution in [0.4, 0.5) is 0 Å². The normalized spacial score (nSPS) is 10.9. The first-order valence-electron chi connectivity index (χ1n) is 7.59. The molecule has 0 bridgehead atoms. The van der Waals surface area contributed by atoms with Crippen molar-refractivity contribution in [2.45, 2.75) is 18.3 Å². The van der Waals surface area contributed by atoms with Crippen molar-refractivity contribution in [1.82, 2.24) is 9.78 Å². The van der Waals surface area contributed by atoms with Crippen molar-refractivity contribution in [3.05, 3.63) is 54.2 Å². The molecule has 0 radical (unpaired) electrons. The second-order valence-electron chi connectivity index (χ2n) is 5.20. The highest BCUT2D eigenvalue weighted by Gasteiger charge is 2.09. The van der Waals surface area contributed by atoms with E-state index in [4.69, 9.17) is 9.47 Å². The Bertz CT molecular complexity index is 768. The molecule has 0 amide bonds. The lowest BCUT2D eigenvalue weighted by Crippen LogP contribution is -2.08. The molecule has 3 rings (SSSR count). The van der Waals surface area contributed by atoms with Gasteiger partial charge in [0.15, 0.2) is 0 Å². The highest BCUT2D eigenvalue weighted by atomic mass is 79.9. The molecule has 4 nitrogen and oxygen atoms in total. The number of hydrogen-bond donors (Lipinski definition) is 0. The van der Waals surface area contributed by atoms with E-state index in [0.29, 0.717) is 6.61 Å². The molecule has 5 heteroatoms. The number of methoxy groups -OCH3 is 1. The second kappa shape index (κ2) is 7.51. The first-order chi connectivity index (χ1) is 11.3. The Balaban J connectivity index is 1.58. The summed E-state index contributed by atoms with van der Waals surface area (Å²) in [6, 6.07) is 15.9. The summed E-state index contributed by atoms with van der Waals surface area (Å²) >= 11 is 3.56. The molecule has 0 aliphatic heterocycles. The fraction of sp³-hybridized carbons (Fsp3) is 0.278. The van der Waals surface area contributed by atoms with Gasteiger partial charge in [-0.05, 0) is 30.3 Å². The maximum absolute atomic E-state index is 5.77. The first-order valence-corrected chi connectivity index (χ1v) is 8.71. The van der Waals surface area contributed by atoms with Crippen LogP contribution in [0.3, 0.4) is 0 Å². The van der Waals surface area contributed by atoms with Gasteiger partial charge in [-0.3, -0.25) is 4.68 Å². The van der Waals surface area contributed by atoms with Gasteiger partial charge in [-0.2, -0.15) is 5.10 Å². The largest absolute Gasteiger partial charge is 0.497 e. The van der Waals surface area contributed by atoms with Gasteiger partial charge in [0.1, 0.15) is 11.5 Å². The summed E-state index contributed by atoms with van der Waals surface area (Å²) in [5, 5.41) is 6.67. The molecule has 0 spiro atoms. The molecule has 0 aliphatic rings. The highest BCUT2D eigenvalue weighted by Crippen LogP contribution is 2.21. The van der Waals surface area contributed by atoms with Crippen LogP contribution in [-0.4, -0.2) is 23.5 Å². The minimum atomic E-state index is 0.657. The lowest BCUT2D eigenvalue weighted by atomic mass is 10.2. The lowest BCUT2D eigenvalue weighted by molar-refractivity contribution is 0.297. The summed E-state index contributed by atoms with van der Waals surface area (Å²) in [4.78, 5) is 0. The molecular formula is C18H19BrN2O2. The van der Waals surface area contributed by atoms with Gasteiger partial charge in [-0.1, -0.05) is 34.1 Å². The van der Waals surface area contributed by atoms with Crippen LogP contribution in [0.25, 0.3) is 10.9 Å². The molecular weight excluding hydrogens is 356 g/mol. The number of rotatable bonds is 7. The minimum absolute atomic E-state index is 0.657. The van der Waals surface area contributed by atoms with E-state index in [1.807, 2.05) is 42.5 Å². The van der Waals surface area contributed by atoms with E-state index in [1.165, 1.54) is 11.1 Å². The van der Waals surface area contributed by atoms with Gasteiger partial charge in [0.05, 0.1) is 24.9 Å². The summed E-state index contributed by atoms with van der Waals surface area (Å²) in [6.07, 6.45) is 0.903. The zero-order chi connectivity index (χ0) is 16.1. The lowest BCUT2D eigenvalue weighted by Gasteiger charge is -2.08. The summed E-state index contributed by atoms with van der Waals surface area (Å²) in [7, 11) is 1.66. The highest BCUT2D eigenvalue weighted by molar-refractivity contribution is 9.08. The number of aromatic nitrogens is 2. The number of nitrogens with zero attached hydrogens (tertiary/aromatic N) is 2. The van der Waals surface area contributed by atoms with Gasteiger partial charge in [0, 0.05) is 23.7 Å². The molecule has 2 aromatic carbocycles. The second-order valence-corrected chi connectivity index (χ2v) is 5.76. The topological polar surface area (TPSA) is 36.3 Å². The van der Waals surface area contributed by atoms with Gasteiger partial charge in [-0.25, -0.2) is 0 Å². The Kier molecular flexibility index (Phi) is 5.18. The average Bonchev–Trinajstić information content (AvgIpc) is 2.96. The molecule has 0 atom stereocenters. The van der Waals surface area contributed by atoms with Crippen molar-refractivity contribution in [3.8, 4) is 11.5 Å². The van der Waals surface area contributed by atoms with E-state index < -0.39 is 0 Å². The van der Waals surface area contributed by atoms with Crippen LogP contribution in [0.1, 0.15) is 12.1 Å². The predicted molar refractivity (Wildman–Crippen MR) is 95.5 cm³/mol. The van der Waals surface area contributed by atoms with Crippen LogP contribution in [0.2, 0.25) is 0 Å². The molecule has 120 valence electrons. The van der Waals surface area contributed by atoms with Crippen LogP contribution in [0, 0.1) is 0 Å². The fourth-order valence-corrected chi connectivity index (χ4v) is 3.13. The van der Waals surface area contributed by atoms with Crippen molar-refractivity contribution >= 4 is 26.8 Å². The van der Waals surface area contributed by atoms with Gasteiger partial charge in [0.25, 0.3) is 0 Å². The quantitative estimate of drug-likeness (QED) is 0.453. The summed E-state index contributed by atoms with van der Waals surface area (Å²) in [5.41, 5.74) is 2.25. The fourth-order valence-electron chi connectivity index (χ4n) is 2.54. The number of benzene rings is 2. The minimum Gasteiger partial charge on any atom is -0.497 e. The van der Waals surface area contributed by atoms with E-state index in [2.05, 4.69) is 31.8 Å². The Morgan fingerprint density at radius 3 is 2.52 bits per heavy atom. The Morgan fingerprint density at radius 2 is 1.78 bits per heavy atom. The number of alkyl halides is 1. The molecule has 0 aliphatic carbocycles. The number of fused-ring (bicyclic) bond motifs is 1. The van der Waals surface area contributed by atoms with Crippen LogP contribution in [0.5, 0.6) is 11.5 Å². The monoisotopic (exact) mass is 374 g/mol. The maximum atomic E-state index is 5.77. The molecule has 1 heterocycles. The van der Waals surface area contributed by atoms with Gasteiger partial charge < -0.3 is 9.47 Å². The van der Waals surface area contributed by atoms with E-state index in [1.54, 1.807) is 7.11 Å². The number of ether oxygens (including phenoxy) is 2. The van der Waals surface area contributed by atoms with Crippen molar-refractivity contribution < 1.29 is 9.47 Å². The Labute approximate surface area is 144 Å². The van der Waals surface area contributed by atoms with E-state index in [-0.39, 0.29) is 0 Å². The molecule has 3 aromatic rings. The van der Waals surface area contributed by atoms with Crippen LogP contribution in [0.15, 0.2) is 48.5 Å². The number of aryl methyl sites for hydroxylation is 1. The van der Waals surface area contributed by atoms with Gasteiger partial charge in [-0.15, -0.1) is 0 Å². The molecule has 1 aromatic heterocycles. The molecule has 23 heavy (non-hydrogen) atoms. The predicted octanol–water partition coefficient (Wildman–Crippen LogP) is 4.41. The molecule has 0 unspecified atom stereocenters. The van der Waals surface area contributed by atoms with E-state index in [0.717, 1.165) is 35.3 Å². The van der Waals surface area contributed by atoms with Gasteiger partial charge >= 0.3 is 0 Å². The van der Waals surface area contributed by atoms with Crippen molar-refractivity contribution in [1.29, 1.82) is 0 Å². The number of hydrogen-bond acceptors (Lipinski definition) is 3. The summed E-state index contributed by atoms with van der Waals surface area (Å²) in [5.74, 6) is 1.69. The average molecular weight is 375 g/mol. The van der Waals surface area contributed by atoms with Crippen LogP contribution < -0.4 is 9.47 Å². The van der Waals surface area contributed by atoms with Gasteiger partial charge in [0.2, 0.25) is 0 Å². The summed E-state index contributed by atoms with van der Waals surface area (Å²) in [6.45, 7) is 1.50. The van der Waals surface area contributed by atoms with Crippen LogP contribution in [-0.2, 0) is 11.9 Å². The molecule has 0 saturated carbocycles. The van der Waals surface area contributed by atoms with E-state index in [9.17, 15) is 0 Å². The third kappa shape index (κ3) is 3.67. The van der Waals surface area contributed by atoms with Crippen LogP contribution >= 0.6 is 15.9 Å². The Morgan fingerprint density at radius 1 is 1.04 bits per heavy atom. The molecule has 0 N–H and O–H groups in total. The standard InChI is InChI=1S/C18H19BrN2O2/c1-22-14-7-9-15(10-8-14)23-12-4-11-21-18(13-19)16-5-2-3-6-17(16)20-21/h2-3,5-10H,4,11-13H2,1H3. The maximum Gasteiger partial charge on any atom is 0.119 e. The van der Waals surface area contributed by atoms with Crippen molar-refractivity contribution in [2.75, 3.05) is 13.7 Å². The first kappa shape index (κ1) is 15.9. The zero-order valence-corrected chi connectivity index (χ0v) is 14.6. The van der Waals surface area contributed by atoms with Crippen molar-refractivity contribution in [3.63, 3.8) is 0 Å². The third-order valence-electron chi connectivity index (χ3n) is 3.72. The Hall–Kier alpha value is -2.01. The third-order valence-corrected chi connectivity index (χ3v) is 4.26. The smallest absolute Gasteiger partial charge is 0.119 e.